The van der Waals surface area contributed by atoms with Gasteiger partial charge in [0, 0.05) is 6.54 Å². The second kappa shape index (κ2) is 6.46. The molecule has 1 aliphatic rings. The van der Waals surface area contributed by atoms with Crippen molar-refractivity contribution in [3.63, 3.8) is 0 Å². The van der Waals surface area contributed by atoms with Crippen molar-refractivity contribution in [1.29, 1.82) is 0 Å². The van der Waals surface area contributed by atoms with Crippen LogP contribution in [0.4, 0.5) is 0 Å². The highest BCUT2D eigenvalue weighted by Crippen LogP contribution is 2.16. The molecular weight excluding hydrogens is 186 g/mol. The Morgan fingerprint density at radius 3 is 2.40 bits per heavy atom. The molecule has 90 valence electrons. The Morgan fingerprint density at radius 2 is 1.87 bits per heavy atom. The SMILES string of the molecule is CC1CNCC1CN(C)CCCN(C)C. The van der Waals surface area contributed by atoms with Gasteiger partial charge in [0.1, 0.15) is 0 Å². The van der Waals surface area contributed by atoms with Crippen molar-refractivity contribution in [2.45, 2.75) is 13.3 Å². The van der Waals surface area contributed by atoms with Crippen LogP contribution in [0.25, 0.3) is 0 Å². The molecule has 1 aliphatic heterocycles. The van der Waals surface area contributed by atoms with E-state index in [9.17, 15) is 0 Å². The highest BCUT2D eigenvalue weighted by molar-refractivity contribution is 4.79. The fraction of sp³-hybridized carbons (Fsp3) is 1.00. The van der Waals surface area contributed by atoms with Gasteiger partial charge in [-0.25, -0.2) is 0 Å². The lowest BCUT2D eigenvalue weighted by Gasteiger charge is -2.23. The van der Waals surface area contributed by atoms with Crippen LogP contribution < -0.4 is 5.32 Å². The zero-order chi connectivity index (χ0) is 11.3. The highest BCUT2D eigenvalue weighted by Gasteiger charge is 2.23. The third-order valence-corrected chi connectivity index (χ3v) is 3.37. The van der Waals surface area contributed by atoms with Crippen LogP contribution in [0.2, 0.25) is 0 Å². The molecule has 0 bridgehead atoms. The van der Waals surface area contributed by atoms with E-state index in [1.807, 2.05) is 0 Å². The molecule has 0 radical (unpaired) electrons. The van der Waals surface area contributed by atoms with Gasteiger partial charge in [0.25, 0.3) is 0 Å². The summed E-state index contributed by atoms with van der Waals surface area (Å²) in [6.45, 7) is 8.44. The minimum atomic E-state index is 0.848. The molecule has 15 heavy (non-hydrogen) atoms. The number of hydrogen-bond donors (Lipinski definition) is 1. The lowest BCUT2D eigenvalue weighted by Crippen LogP contribution is -2.31. The minimum Gasteiger partial charge on any atom is -0.316 e. The summed E-state index contributed by atoms with van der Waals surface area (Å²) in [4.78, 5) is 4.74. The van der Waals surface area contributed by atoms with Crippen LogP contribution in [0.15, 0.2) is 0 Å². The summed E-state index contributed by atoms with van der Waals surface area (Å²) in [5.41, 5.74) is 0. The number of hydrogen-bond acceptors (Lipinski definition) is 3. The second-order valence-corrected chi connectivity index (χ2v) is 5.31. The molecule has 2 unspecified atom stereocenters. The fourth-order valence-corrected chi connectivity index (χ4v) is 2.26. The van der Waals surface area contributed by atoms with Crippen molar-refractivity contribution in [2.24, 2.45) is 11.8 Å². The molecule has 1 saturated heterocycles. The quantitative estimate of drug-likeness (QED) is 0.701. The summed E-state index contributed by atoms with van der Waals surface area (Å²) < 4.78 is 0. The van der Waals surface area contributed by atoms with Crippen LogP contribution in [0.1, 0.15) is 13.3 Å². The molecule has 0 saturated carbocycles. The summed E-state index contributed by atoms with van der Waals surface area (Å²) in [6, 6.07) is 0. The van der Waals surface area contributed by atoms with E-state index in [1.54, 1.807) is 0 Å². The molecule has 0 aliphatic carbocycles. The lowest BCUT2D eigenvalue weighted by atomic mass is 9.98. The van der Waals surface area contributed by atoms with Crippen LogP contribution in [0.5, 0.6) is 0 Å². The molecule has 1 N–H and O–H groups in total. The normalized spacial score (nSPS) is 26.8. The predicted octanol–water partition coefficient (Wildman–Crippen LogP) is 0.725. The standard InChI is InChI=1S/C12H27N3/c1-11-8-13-9-12(11)10-15(4)7-5-6-14(2)3/h11-13H,5-10H2,1-4H3. The highest BCUT2D eigenvalue weighted by atomic mass is 15.1. The van der Waals surface area contributed by atoms with Gasteiger partial charge in [-0.3, -0.25) is 0 Å². The number of nitrogens with one attached hydrogen (secondary N) is 1. The van der Waals surface area contributed by atoms with Crippen molar-refractivity contribution >= 4 is 0 Å². The van der Waals surface area contributed by atoms with Crippen molar-refractivity contribution < 1.29 is 0 Å². The third kappa shape index (κ3) is 4.96. The smallest absolute Gasteiger partial charge is 0.00218 e. The first kappa shape index (κ1) is 12.9. The van der Waals surface area contributed by atoms with Crippen molar-refractivity contribution in [1.82, 2.24) is 15.1 Å². The first-order valence-corrected chi connectivity index (χ1v) is 6.13. The zero-order valence-corrected chi connectivity index (χ0v) is 10.8. The van der Waals surface area contributed by atoms with E-state index in [1.165, 1.54) is 39.1 Å². The Morgan fingerprint density at radius 1 is 1.13 bits per heavy atom. The summed E-state index contributed by atoms with van der Waals surface area (Å²) in [6.07, 6.45) is 1.28. The maximum Gasteiger partial charge on any atom is 0.00218 e. The van der Waals surface area contributed by atoms with Gasteiger partial charge in [-0.15, -0.1) is 0 Å². The maximum atomic E-state index is 3.47. The summed E-state index contributed by atoms with van der Waals surface area (Å²) in [7, 11) is 6.53. The van der Waals surface area contributed by atoms with Crippen LogP contribution in [0, 0.1) is 11.8 Å². The van der Waals surface area contributed by atoms with Gasteiger partial charge in [0.15, 0.2) is 0 Å². The molecule has 0 aromatic carbocycles. The van der Waals surface area contributed by atoms with E-state index in [-0.39, 0.29) is 0 Å². The molecular formula is C12H27N3. The first-order valence-electron chi connectivity index (χ1n) is 6.13. The lowest BCUT2D eigenvalue weighted by molar-refractivity contribution is 0.246. The maximum absolute atomic E-state index is 3.47. The van der Waals surface area contributed by atoms with E-state index in [0.717, 1.165) is 11.8 Å². The van der Waals surface area contributed by atoms with Gasteiger partial charge in [-0.2, -0.15) is 0 Å². The average molecular weight is 213 g/mol. The zero-order valence-electron chi connectivity index (χ0n) is 10.8. The number of nitrogens with zero attached hydrogens (tertiary/aromatic N) is 2. The first-order chi connectivity index (χ1) is 7.09. The van der Waals surface area contributed by atoms with Crippen LogP contribution >= 0.6 is 0 Å². The molecule has 1 rings (SSSR count). The molecule has 0 aromatic rings. The van der Waals surface area contributed by atoms with E-state index in [0.29, 0.717) is 0 Å². The molecule has 3 nitrogen and oxygen atoms in total. The van der Waals surface area contributed by atoms with Gasteiger partial charge >= 0.3 is 0 Å². The predicted molar refractivity (Wildman–Crippen MR) is 66.2 cm³/mol. The van der Waals surface area contributed by atoms with Gasteiger partial charge in [0.2, 0.25) is 0 Å². The molecule has 1 heterocycles. The summed E-state index contributed by atoms with van der Waals surface area (Å²) in [5, 5.41) is 3.47. The topological polar surface area (TPSA) is 18.5 Å². The van der Waals surface area contributed by atoms with Gasteiger partial charge in [-0.1, -0.05) is 6.92 Å². The van der Waals surface area contributed by atoms with E-state index in [2.05, 4.69) is 43.2 Å². The molecule has 2 atom stereocenters. The molecule has 0 aromatic heterocycles. The molecule has 3 heteroatoms. The van der Waals surface area contributed by atoms with E-state index >= 15 is 0 Å². The summed E-state index contributed by atoms with van der Waals surface area (Å²) >= 11 is 0. The molecule has 0 spiro atoms. The fourth-order valence-electron chi connectivity index (χ4n) is 2.26. The second-order valence-electron chi connectivity index (χ2n) is 5.31. The van der Waals surface area contributed by atoms with Crippen molar-refractivity contribution in [3.8, 4) is 0 Å². The Bertz CT molecular complexity index is 170. The molecule has 0 amide bonds. The third-order valence-electron chi connectivity index (χ3n) is 3.37. The number of rotatable bonds is 6. The Hall–Kier alpha value is -0.120. The van der Waals surface area contributed by atoms with Crippen molar-refractivity contribution in [3.05, 3.63) is 0 Å². The Labute approximate surface area is 94.8 Å². The Kier molecular flexibility index (Phi) is 5.58. The largest absolute Gasteiger partial charge is 0.316 e. The minimum absolute atomic E-state index is 0.848. The van der Waals surface area contributed by atoms with Crippen LogP contribution in [-0.2, 0) is 0 Å². The van der Waals surface area contributed by atoms with Crippen LogP contribution in [-0.4, -0.2) is 63.7 Å². The van der Waals surface area contributed by atoms with E-state index in [4.69, 9.17) is 0 Å². The van der Waals surface area contributed by atoms with Crippen LogP contribution in [0.3, 0.4) is 0 Å². The average Bonchev–Trinajstić information content (AvgIpc) is 2.51. The molecule has 1 fully saturated rings. The van der Waals surface area contributed by atoms with Gasteiger partial charge in [-0.05, 0) is 65.6 Å². The van der Waals surface area contributed by atoms with Gasteiger partial charge < -0.3 is 15.1 Å². The monoisotopic (exact) mass is 213 g/mol. The summed E-state index contributed by atoms with van der Waals surface area (Å²) in [5.74, 6) is 1.70. The van der Waals surface area contributed by atoms with Crippen molar-refractivity contribution in [2.75, 3.05) is 53.9 Å². The van der Waals surface area contributed by atoms with E-state index < -0.39 is 0 Å². The van der Waals surface area contributed by atoms with Gasteiger partial charge in [0.05, 0.1) is 0 Å². The Balaban J connectivity index is 2.09.